The molecule has 0 spiro atoms. The number of nitro groups is 1. The van der Waals surface area contributed by atoms with E-state index in [4.69, 9.17) is 11.6 Å². The summed E-state index contributed by atoms with van der Waals surface area (Å²) in [6.45, 7) is 0. The fourth-order valence-corrected chi connectivity index (χ4v) is 2.38. The lowest BCUT2D eigenvalue weighted by Gasteiger charge is -2.22. The summed E-state index contributed by atoms with van der Waals surface area (Å²) in [5.74, 6) is 0.0912. The molecule has 0 aliphatic heterocycles. The van der Waals surface area contributed by atoms with Crippen LogP contribution in [0, 0.1) is 10.1 Å². The zero-order valence-corrected chi connectivity index (χ0v) is 14.0. The zero-order chi connectivity index (χ0) is 17.7. The highest BCUT2D eigenvalue weighted by atomic mass is 35.5. The zero-order valence-electron chi connectivity index (χ0n) is 13.3. The Balaban J connectivity index is 2.25. The second kappa shape index (κ2) is 7.74. The van der Waals surface area contributed by atoms with Crippen molar-refractivity contribution in [1.29, 1.82) is 0 Å². The van der Waals surface area contributed by atoms with E-state index < -0.39 is 11.0 Å². The number of nitrogens with one attached hydrogen (secondary N) is 1. The Bertz CT molecular complexity index is 737. The summed E-state index contributed by atoms with van der Waals surface area (Å²) in [6.07, 6.45) is 1.54. The van der Waals surface area contributed by atoms with Crippen molar-refractivity contribution in [2.45, 2.75) is 12.5 Å². The van der Waals surface area contributed by atoms with Crippen LogP contribution < -0.4 is 5.32 Å². The molecule has 0 aliphatic rings. The Hall–Kier alpha value is -2.67. The molecule has 0 radical (unpaired) electrons. The summed E-state index contributed by atoms with van der Waals surface area (Å²) < 4.78 is 0. The quantitative estimate of drug-likeness (QED) is 0.640. The number of carbonyl (C=O) groups excluding carboxylic acids is 1. The van der Waals surface area contributed by atoms with Gasteiger partial charge in [-0.1, -0.05) is 41.9 Å². The van der Waals surface area contributed by atoms with Crippen LogP contribution in [0.4, 0.5) is 11.5 Å². The Morgan fingerprint density at radius 1 is 1.38 bits per heavy atom. The van der Waals surface area contributed by atoms with Crippen molar-refractivity contribution in [2.24, 2.45) is 0 Å². The number of amides is 1. The third kappa shape index (κ3) is 4.42. The molecule has 1 amide bonds. The Morgan fingerprint density at radius 3 is 2.58 bits per heavy atom. The predicted molar refractivity (Wildman–Crippen MR) is 92.2 cm³/mol. The third-order valence-corrected chi connectivity index (χ3v) is 3.66. The molecule has 1 aromatic carbocycles. The van der Waals surface area contributed by atoms with Gasteiger partial charge in [0.1, 0.15) is 18.1 Å². The molecule has 1 heterocycles. The summed E-state index contributed by atoms with van der Waals surface area (Å²) in [4.78, 5) is 28.0. The first-order valence-corrected chi connectivity index (χ1v) is 7.58. The maximum atomic E-state index is 12.4. The summed E-state index contributed by atoms with van der Waals surface area (Å²) in [5, 5.41) is 13.8. The minimum Gasteiger partial charge on any atom is -0.357 e. The highest BCUT2D eigenvalue weighted by molar-refractivity contribution is 6.33. The van der Waals surface area contributed by atoms with E-state index in [1.54, 1.807) is 14.1 Å². The van der Waals surface area contributed by atoms with E-state index in [9.17, 15) is 14.9 Å². The summed E-state index contributed by atoms with van der Waals surface area (Å²) in [5.41, 5.74) is 0.771. The molecule has 1 atom stereocenters. The summed E-state index contributed by atoms with van der Waals surface area (Å²) in [7, 11) is 3.32. The van der Waals surface area contributed by atoms with Crippen LogP contribution in [-0.2, 0) is 11.2 Å². The number of likely N-dealkylation sites (N-methyl/N-ethyl adjacent to an activating group) is 1. The second-order valence-electron chi connectivity index (χ2n) is 5.40. The van der Waals surface area contributed by atoms with Gasteiger partial charge in [-0.05, 0) is 5.56 Å². The van der Waals surface area contributed by atoms with E-state index in [1.165, 1.54) is 11.0 Å². The number of aromatic nitrogens is 1. The lowest BCUT2D eigenvalue weighted by Crippen LogP contribution is -2.40. The summed E-state index contributed by atoms with van der Waals surface area (Å²) in [6, 6.07) is 10.1. The molecule has 0 fully saturated rings. The number of carbonyl (C=O) groups is 1. The maximum Gasteiger partial charge on any atom is 0.289 e. The Labute approximate surface area is 144 Å². The lowest BCUT2D eigenvalue weighted by atomic mass is 10.0. The largest absolute Gasteiger partial charge is 0.357 e. The highest BCUT2D eigenvalue weighted by Gasteiger charge is 2.23. The average molecular weight is 349 g/mol. The van der Waals surface area contributed by atoms with Crippen LogP contribution in [0.25, 0.3) is 0 Å². The molecule has 0 unspecified atom stereocenters. The molecule has 2 aromatic rings. The van der Waals surface area contributed by atoms with Crippen LogP contribution in [0.15, 0.2) is 42.6 Å². The van der Waals surface area contributed by atoms with E-state index in [0.29, 0.717) is 6.42 Å². The first-order valence-electron chi connectivity index (χ1n) is 7.20. The van der Waals surface area contributed by atoms with Gasteiger partial charge in [-0.2, -0.15) is 0 Å². The van der Waals surface area contributed by atoms with Gasteiger partial charge in [0.15, 0.2) is 0 Å². The van der Waals surface area contributed by atoms with E-state index in [1.807, 2.05) is 30.3 Å². The molecule has 1 N–H and O–H groups in total. The molecular weight excluding hydrogens is 332 g/mol. The van der Waals surface area contributed by atoms with Crippen molar-refractivity contribution in [2.75, 3.05) is 19.4 Å². The number of pyridine rings is 1. The summed E-state index contributed by atoms with van der Waals surface area (Å²) >= 11 is 6.05. The Kier molecular flexibility index (Phi) is 5.70. The van der Waals surface area contributed by atoms with Crippen molar-refractivity contribution >= 4 is 29.0 Å². The van der Waals surface area contributed by atoms with Gasteiger partial charge in [0.05, 0.1) is 9.95 Å². The van der Waals surface area contributed by atoms with E-state index >= 15 is 0 Å². The fraction of sp³-hybridized carbons (Fsp3) is 0.250. The fourth-order valence-electron chi connectivity index (χ4n) is 2.16. The molecular formula is C16H17ClN4O3. The average Bonchev–Trinajstić information content (AvgIpc) is 2.55. The predicted octanol–water partition coefficient (Wildman–Crippen LogP) is 2.75. The van der Waals surface area contributed by atoms with Crippen LogP contribution in [0.2, 0.25) is 5.02 Å². The van der Waals surface area contributed by atoms with Crippen molar-refractivity contribution in [3.05, 3.63) is 63.3 Å². The van der Waals surface area contributed by atoms with Crippen LogP contribution in [0.1, 0.15) is 5.56 Å². The molecule has 8 heteroatoms. The van der Waals surface area contributed by atoms with E-state index in [-0.39, 0.29) is 22.4 Å². The maximum absolute atomic E-state index is 12.4. The van der Waals surface area contributed by atoms with Crippen LogP contribution >= 0.6 is 11.6 Å². The molecule has 0 saturated carbocycles. The van der Waals surface area contributed by atoms with Gasteiger partial charge in [-0.25, -0.2) is 4.98 Å². The normalized spacial score (nSPS) is 11.6. The number of hydrogen-bond acceptors (Lipinski definition) is 5. The van der Waals surface area contributed by atoms with Gasteiger partial charge in [0.2, 0.25) is 5.91 Å². The first kappa shape index (κ1) is 17.7. The number of halogens is 1. The SMILES string of the molecule is CN(C)C(=O)[C@@H](Cc1ccccc1)Nc1ncc([N+](=O)[O-])cc1Cl. The van der Waals surface area contributed by atoms with Crippen LogP contribution in [0.3, 0.4) is 0 Å². The third-order valence-electron chi connectivity index (χ3n) is 3.37. The molecule has 126 valence electrons. The van der Waals surface area contributed by atoms with Crippen molar-refractivity contribution in [3.8, 4) is 0 Å². The Morgan fingerprint density at radius 2 is 2.04 bits per heavy atom. The molecule has 0 aliphatic carbocycles. The van der Waals surface area contributed by atoms with Gasteiger partial charge in [0, 0.05) is 26.6 Å². The monoisotopic (exact) mass is 348 g/mol. The molecule has 7 nitrogen and oxygen atoms in total. The van der Waals surface area contributed by atoms with Crippen LogP contribution in [0.5, 0.6) is 0 Å². The highest BCUT2D eigenvalue weighted by Crippen LogP contribution is 2.25. The number of hydrogen-bond donors (Lipinski definition) is 1. The molecule has 0 bridgehead atoms. The number of benzene rings is 1. The smallest absolute Gasteiger partial charge is 0.289 e. The minimum absolute atomic E-state index is 0.0915. The van der Waals surface area contributed by atoms with Gasteiger partial charge in [0.25, 0.3) is 5.69 Å². The standard InChI is InChI=1S/C16H17ClN4O3/c1-20(2)16(22)14(8-11-6-4-3-5-7-11)19-15-13(17)9-12(10-18-15)21(23)24/h3-7,9-10,14H,8H2,1-2H3,(H,18,19)/t14-/m1/s1. The van der Waals surface area contributed by atoms with Gasteiger partial charge >= 0.3 is 0 Å². The number of nitrogens with zero attached hydrogens (tertiary/aromatic N) is 3. The van der Waals surface area contributed by atoms with E-state index in [0.717, 1.165) is 11.8 Å². The molecule has 0 saturated heterocycles. The second-order valence-corrected chi connectivity index (χ2v) is 5.81. The van der Waals surface area contributed by atoms with Gasteiger partial charge < -0.3 is 10.2 Å². The molecule has 2 rings (SSSR count). The lowest BCUT2D eigenvalue weighted by molar-refractivity contribution is -0.385. The number of anilines is 1. The van der Waals surface area contributed by atoms with Crippen LogP contribution in [-0.4, -0.2) is 40.9 Å². The van der Waals surface area contributed by atoms with Crippen molar-refractivity contribution < 1.29 is 9.72 Å². The van der Waals surface area contributed by atoms with Gasteiger partial charge in [-0.15, -0.1) is 0 Å². The molecule has 24 heavy (non-hydrogen) atoms. The van der Waals surface area contributed by atoms with Gasteiger partial charge in [-0.3, -0.25) is 14.9 Å². The molecule has 1 aromatic heterocycles. The van der Waals surface area contributed by atoms with Crippen molar-refractivity contribution in [3.63, 3.8) is 0 Å². The number of rotatable bonds is 6. The first-order chi connectivity index (χ1) is 11.4. The van der Waals surface area contributed by atoms with Crippen molar-refractivity contribution in [1.82, 2.24) is 9.88 Å². The van der Waals surface area contributed by atoms with E-state index in [2.05, 4.69) is 10.3 Å². The topological polar surface area (TPSA) is 88.4 Å². The minimum atomic E-state index is -0.589.